The third-order valence-electron chi connectivity index (χ3n) is 2.30. The van der Waals surface area contributed by atoms with E-state index in [1.165, 1.54) is 6.92 Å². The van der Waals surface area contributed by atoms with Gasteiger partial charge in [-0.1, -0.05) is 0 Å². The number of nitrogens with zero attached hydrogens (tertiary/aromatic N) is 1. The first kappa shape index (κ1) is 11.9. The molecule has 0 aliphatic heterocycles. The number of rotatable bonds is 3. The van der Waals surface area contributed by atoms with Crippen LogP contribution in [0.3, 0.4) is 0 Å². The Morgan fingerprint density at radius 2 is 2.18 bits per heavy atom. The number of alkyl halides is 3. The van der Waals surface area contributed by atoms with Crippen LogP contribution in [0.4, 0.5) is 13.2 Å². The molecule has 7 heteroatoms. The van der Waals surface area contributed by atoms with E-state index in [2.05, 4.69) is 9.72 Å². The number of oxazole rings is 1. The average molecular weight is 249 g/mol. The number of carbonyl (C=O) groups excluding carboxylic acids is 1. The molecule has 0 saturated heterocycles. The van der Waals surface area contributed by atoms with Crippen molar-refractivity contribution < 1.29 is 27.1 Å². The summed E-state index contributed by atoms with van der Waals surface area (Å²) in [4.78, 5) is 14.7. The fraction of sp³-hybridized carbons (Fsp3) is 0.600. The molecule has 0 amide bonds. The van der Waals surface area contributed by atoms with Gasteiger partial charge in [-0.25, -0.2) is 9.78 Å². The first-order chi connectivity index (χ1) is 7.93. The van der Waals surface area contributed by atoms with E-state index in [4.69, 9.17) is 4.42 Å². The highest BCUT2D eigenvalue weighted by Crippen LogP contribution is 2.42. The minimum absolute atomic E-state index is 0.0183. The molecule has 17 heavy (non-hydrogen) atoms. The van der Waals surface area contributed by atoms with Gasteiger partial charge in [-0.3, -0.25) is 0 Å². The van der Waals surface area contributed by atoms with Crippen LogP contribution in [0.1, 0.15) is 47.8 Å². The number of aromatic nitrogens is 1. The maximum absolute atomic E-state index is 12.6. The number of hydrogen-bond acceptors (Lipinski definition) is 4. The summed E-state index contributed by atoms with van der Waals surface area (Å²) in [6.07, 6.45) is -3.24. The van der Waals surface area contributed by atoms with Crippen LogP contribution in [0.5, 0.6) is 0 Å². The summed E-state index contributed by atoms with van der Waals surface area (Å²) < 4.78 is 47.2. The number of carbonyl (C=O) groups is 1. The molecule has 1 aliphatic carbocycles. The Bertz CT molecular complexity index is 434. The minimum Gasteiger partial charge on any atom is -0.460 e. The second-order valence-corrected chi connectivity index (χ2v) is 3.72. The molecule has 1 saturated carbocycles. The minimum atomic E-state index is -4.71. The van der Waals surface area contributed by atoms with Gasteiger partial charge in [0.1, 0.15) is 0 Å². The zero-order chi connectivity index (χ0) is 12.6. The van der Waals surface area contributed by atoms with Crippen LogP contribution in [0.25, 0.3) is 0 Å². The van der Waals surface area contributed by atoms with E-state index in [0.717, 1.165) is 12.8 Å². The standard InChI is InChI=1S/C10H10F3NO3/c1-2-16-9(15)6-7(10(11,12)13)14-8(17-6)5-3-4-5/h5H,2-4H2,1H3. The molecule has 0 unspecified atom stereocenters. The summed E-state index contributed by atoms with van der Waals surface area (Å²) in [5, 5.41) is 0. The molecule has 0 N–H and O–H groups in total. The van der Waals surface area contributed by atoms with Crippen LogP contribution in [0.2, 0.25) is 0 Å². The molecular formula is C10H10F3NO3. The fourth-order valence-electron chi connectivity index (χ4n) is 1.37. The molecule has 2 rings (SSSR count). The summed E-state index contributed by atoms with van der Waals surface area (Å²) in [6, 6.07) is 0. The van der Waals surface area contributed by atoms with Gasteiger partial charge in [0.15, 0.2) is 11.6 Å². The first-order valence-electron chi connectivity index (χ1n) is 5.18. The summed E-state index contributed by atoms with van der Waals surface area (Å²) >= 11 is 0. The lowest BCUT2D eigenvalue weighted by Crippen LogP contribution is -2.14. The maximum atomic E-state index is 12.6. The Kier molecular flexibility index (Phi) is 2.84. The van der Waals surface area contributed by atoms with Crippen molar-refractivity contribution in [2.45, 2.75) is 31.9 Å². The largest absolute Gasteiger partial charge is 0.460 e. The molecule has 1 fully saturated rings. The van der Waals surface area contributed by atoms with Crippen molar-refractivity contribution in [3.63, 3.8) is 0 Å². The van der Waals surface area contributed by atoms with Crippen molar-refractivity contribution in [2.24, 2.45) is 0 Å². The Balaban J connectivity index is 2.37. The zero-order valence-corrected chi connectivity index (χ0v) is 9.00. The lowest BCUT2D eigenvalue weighted by Gasteiger charge is -2.03. The molecule has 1 heterocycles. The van der Waals surface area contributed by atoms with Gasteiger partial charge in [0.25, 0.3) is 0 Å². The number of halogens is 3. The van der Waals surface area contributed by atoms with Crippen molar-refractivity contribution in [2.75, 3.05) is 6.61 Å². The normalized spacial score (nSPS) is 16.0. The van der Waals surface area contributed by atoms with Gasteiger partial charge in [0, 0.05) is 5.92 Å². The number of ether oxygens (including phenoxy) is 1. The topological polar surface area (TPSA) is 52.3 Å². The predicted octanol–water partition coefficient (Wildman–Crippen LogP) is 2.75. The quantitative estimate of drug-likeness (QED) is 0.773. The first-order valence-corrected chi connectivity index (χ1v) is 5.18. The Hall–Kier alpha value is -1.53. The van der Waals surface area contributed by atoms with Crippen molar-refractivity contribution in [1.82, 2.24) is 4.98 Å². The molecule has 0 atom stereocenters. The van der Waals surface area contributed by atoms with Gasteiger partial charge in [-0.15, -0.1) is 0 Å². The highest BCUT2D eigenvalue weighted by atomic mass is 19.4. The van der Waals surface area contributed by atoms with Crippen molar-refractivity contribution in [1.29, 1.82) is 0 Å². The van der Waals surface area contributed by atoms with Gasteiger partial charge >= 0.3 is 12.1 Å². The highest BCUT2D eigenvalue weighted by Gasteiger charge is 2.43. The fourth-order valence-corrected chi connectivity index (χ4v) is 1.37. The molecular weight excluding hydrogens is 239 g/mol. The highest BCUT2D eigenvalue weighted by molar-refractivity contribution is 5.87. The molecule has 0 radical (unpaired) electrons. The molecule has 94 valence electrons. The van der Waals surface area contributed by atoms with E-state index in [9.17, 15) is 18.0 Å². The molecule has 0 spiro atoms. The number of hydrogen-bond donors (Lipinski definition) is 0. The third kappa shape index (κ3) is 2.42. The third-order valence-corrected chi connectivity index (χ3v) is 2.30. The molecule has 1 aromatic heterocycles. The van der Waals surface area contributed by atoms with Crippen LogP contribution < -0.4 is 0 Å². The molecule has 1 aromatic rings. The number of esters is 1. The van der Waals surface area contributed by atoms with Gasteiger partial charge < -0.3 is 9.15 Å². The van der Waals surface area contributed by atoms with Crippen molar-refractivity contribution >= 4 is 5.97 Å². The van der Waals surface area contributed by atoms with Crippen LogP contribution in [0.15, 0.2) is 4.42 Å². The lowest BCUT2D eigenvalue weighted by atomic mass is 10.3. The van der Waals surface area contributed by atoms with Crippen LogP contribution in [0, 0.1) is 0 Å². The van der Waals surface area contributed by atoms with E-state index in [1.807, 2.05) is 0 Å². The summed E-state index contributed by atoms with van der Waals surface area (Å²) in [5.74, 6) is -2.10. The second-order valence-electron chi connectivity index (χ2n) is 3.72. The van der Waals surface area contributed by atoms with Gasteiger partial charge in [0.05, 0.1) is 6.61 Å². The van der Waals surface area contributed by atoms with Crippen LogP contribution in [-0.4, -0.2) is 17.6 Å². The predicted molar refractivity (Wildman–Crippen MR) is 49.4 cm³/mol. The Labute approximate surface area is 94.8 Å². The Morgan fingerprint density at radius 1 is 1.53 bits per heavy atom. The van der Waals surface area contributed by atoms with E-state index in [-0.39, 0.29) is 18.4 Å². The van der Waals surface area contributed by atoms with Gasteiger partial charge in [-0.2, -0.15) is 13.2 Å². The summed E-state index contributed by atoms with van der Waals surface area (Å²) in [5.41, 5.74) is -1.29. The average Bonchev–Trinajstić information content (AvgIpc) is 2.95. The second kappa shape index (κ2) is 4.05. The van der Waals surface area contributed by atoms with E-state index in [1.54, 1.807) is 0 Å². The van der Waals surface area contributed by atoms with Gasteiger partial charge in [-0.05, 0) is 19.8 Å². The van der Waals surface area contributed by atoms with E-state index >= 15 is 0 Å². The van der Waals surface area contributed by atoms with Gasteiger partial charge in [0.2, 0.25) is 5.76 Å². The molecule has 1 aliphatic rings. The van der Waals surface area contributed by atoms with Crippen molar-refractivity contribution in [3.05, 3.63) is 17.3 Å². The monoisotopic (exact) mass is 249 g/mol. The smallest absolute Gasteiger partial charge is 0.437 e. The lowest BCUT2D eigenvalue weighted by molar-refractivity contribution is -0.141. The van der Waals surface area contributed by atoms with Crippen LogP contribution in [-0.2, 0) is 10.9 Å². The van der Waals surface area contributed by atoms with Crippen LogP contribution >= 0.6 is 0 Å². The SMILES string of the molecule is CCOC(=O)c1oc(C2CC2)nc1C(F)(F)F. The molecule has 4 nitrogen and oxygen atoms in total. The Morgan fingerprint density at radius 3 is 2.65 bits per heavy atom. The molecule has 0 bridgehead atoms. The van der Waals surface area contributed by atoms with E-state index < -0.39 is 23.6 Å². The molecule has 0 aromatic carbocycles. The summed E-state index contributed by atoms with van der Waals surface area (Å²) in [7, 11) is 0. The van der Waals surface area contributed by atoms with Crippen molar-refractivity contribution in [3.8, 4) is 0 Å². The van der Waals surface area contributed by atoms with E-state index in [0.29, 0.717) is 0 Å². The maximum Gasteiger partial charge on any atom is 0.437 e. The summed E-state index contributed by atoms with van der Waals surface area (Å²) in [6.45, 7) is 1.49. The zero-order valence-electron chi connectivity index (χ0n) is 9.00.